The van der Waals surface area contributed by atoms with Crippen LogP contribution in [-0.2, 0) is 15.8 Å². The third-order valence-corrected chi connectivity index (χ3v) is 4.21. The van der Waals surface area contributed by atoms with Crippen LogP contribution in [0.2, 0.25) is 5.02 Å². The minimum atomic E-state index is -3.48. The first-order chi connectivity index (χ1) is 8.94. The molecule has 2 rings (SSSR count). The second-order valence-corrected chi connectivity index (χ2v) is 6.92. The van der Waals surface area contributed by atoms with E-state index < -0.39 is 10.0 Å². The second kappa shape index (κ2) is 5.90. The van der Waals surface area contributed by atoms with E-state index >= 15 is 0 Å². The molecule has 0 amide bonds. The van der Waals surface area contributed by atoms with Crippen LogP contribution in [0.3, 0.4) is 0 Å². The highest BCUT2D eigenvalue weighted by Gasteiger charge is 2.12. The second-order valence-electron chi connectivity index (χ2n) is 3.85. The summed E-state index contributed by atoms with van der Waals surface area (Å²) in [6, 6.07) is 9.97. The van der Waals surface area contributed by atoms with Gasteiger partial charge in [-0.15, -0.1) is 0 Å². The molecule has 0 saturated heterocycles. The van der Waals surface area contributed by atoms with Crippen LogP contribution in [0.5, 0.6) is 0 Å². The van der Waals surface area contributed by atoms with Crippen molar-refractivity contribution in [1.82, 2.24) is 4.98 Å². The van der Waals surface area contributed by atoms with E-state index in [1.807, 2.05) is 0 Å². The van der Waals surface area contributed by atoms with Crippen molar-refractivity contribution in [2.75, 3.05) is 4.72 Å². The number of nitrogens with one attached hydrogen (secondary N) is 1. The van der Waals surface area contributed by atoms with E-state index in [9.17, 15) is 8.42 Å². The summed E-state index contributed by atoms with van der Waals surface area (Å²) in [6.45, 7) is 0. The van der Waals surface area contributed by atoms with Gasteiger partial charge in [-0.25, -0.2) is 13.4 Å². The summed E-state index contributed by atoms with van der Waals surface area (Å²) in [5, 5.41) is 0.573. The number of sulfonamides is 1. The van der Waals surface area contributed by atoms with Crippen molar-refractivity contribution in [3.05, 3.63) is 57.7 Å². The smallest absolute Gasteiger partial charge is 0.238 e. The van der Waals surface area contributed by atoms with Crippen molar-refractivity contribution < 1.29 is 8.42 Å². The van der Waals surface area contributed by atoms with Crippen molar-refractivity contribution >= 4 is 43.4 Å². The summed E-state index contributed by atoms with van der Waals surface area (Å²) in [7, 11) is -3.48. The number of anilines is 1. The van der Waals surface area contributed by atoms with Crippen LogP contribution < -0.4 is 4.72 Å². The van der Waals surface area contributed by atoms with Gasteiger partial charge < -0.3 is 0 Å². The normalized spacial score (nSPS) is 11.3. The van der Waals surface area contributed by atoms with E-state index in [-0.39, 0.29) is 11.6 Å². The summed E-state index contributed by atoms with van der Waals surface area (Å²) in [6.07, 6.45) is 1.53. The maximum absolute atomic E-state index is 11.9. The average Bonchev–Trinajstić information content (AvgIpc) is 2.34. The molecule has 0 aliphatic heterocycles. The zero-order valence-electron chi connectivity index (χ0n) is 9.68. The Morgan fingerprint density at radius 2 is 1.84 bits per heavy atom. The number of nitrogens with zero attached hydrogens (tertiary/aromatic N) is 1. The predicted octanol–water partition coefficient (Wildman–Crippen LogP) is 3.44. The van der Waals surface area contributed by atoms with Gasteiger partial charge in [-0.2, -0.15) is 0 Å². The third kappa shape index (κ3) is 4.49. The number of hydrogen-bond acceptors (Lipinski definition) is 3. The molecule has 0 unspecified atom stereocenters. The molecule has 1 heterocycles. The molecule has 100 valence electrons. The maximum atomic E-state index is 11.9. The Balaban J connectivity index is 2.10. The molecule has 0 aliphatic rings. The van der Waals surface area contributed by atoms with E-state index in [4.69, 9.17) is 11.6 Å². The first-order valence-electron chi connectivity index (χ1n) is 5.31. The largest absolute Gasteiger partial charge is 0.267 e. The van der Waals surface area contributed by atoms with E-state index in [0.29, 0.717) is 10.6 Å². The average molecular weight is 362 g/mol. The van der Waals surface area contributed by atoms with Gasteiger partial charge in [0.05, 0.1) is 5.75 Å². The Morgan fingerprint density at radius 3 is 2.42 bits per heavy atom. The molecular formula is C12H10BrClN2O2S. The Kier molecular flexibility index (Phi) is 4.44. The van der Waals surface area contributed by atoms with Crippen molar-refractivity contribution in [2.45, 2.75) is 5.75 Å². The van der Waals surface area contributed by atoms with Gasteiger partial charge in [0.1, 0.15) is 5.82 Å². The molecular weight excluding hydrogens is 352 g/mol. The first-order valence-corrected chi connectivity index (χ1v) is 8.13. The van der Waals surface area contributed by atoms with E-state index in [2.05, 4.69) is 25.6 Å². The molecule has 0 bridgehead atoms. The Hall–Kier alpha value is -1.11. The molecule has 0 fully saturated rings. The van der Waals surface area contributed by atoms with Crippen molar-refractivity contribution in [3.8, 4) is 0 Å². The van der Waals surface area contributed by atoms with Crippen LogP contribution >= 0.6 is 27.5 Å². The zero-order chi connectivity index (χ0) is 13.9. The minimum Gasteiger partial charge on any atom is -0.267 e. The minimum absolute atomic E-state index is 0.123. The molecule has 19 heavy (non-hydrogen) atoms. The summed E-state index contributed by atoms with van der Waals surface area (Å²) >= 11 is 8.98. The van der Waals surface area contributed by atoms with E-state index in [1.54, 1.807) is 36.4 Å². The summed E-state index contributed by atoms with van der Waals surface area (Å²) in [5.74, 6) is 0.166. The Labute approximate surface area is 125 Å². The fraction of sp³-hybridized carbons (Fsp3) is 0.0833. The highest BCUT2D eigenvalue weighted by molar-refractivity contribution is 9.10. The van der Waals surface area contributed by atoms with Crippen LogP contribution in [-0.4, -0.2) is 13.4 Å². The number of benzene rings is 1. The monoisotopic (exact) mass is 360 g/mol. The van der Waals surface area contributed by atoms with Crippen molar-refractivity contribution in [1.29, 1.82) is 0 Å². The van der Waals surface area contributed by atoms with Gasteiger partial charge in [-0.05, 0) is 45.8 Å². The standard InChI is InChI=1S/C12H10BrClN2O2S/c13-10-3-6-12(15-7-10)16-19(17,18)8-9-1-4-11(14)5-2-9/h1-7H,8H2,(H,15,16). The Morgan fingerprint density at radius 1 is 1.16 bits per heavy atom. The van der Waals surface area contributed by atoms with Crippen LogP contribution in [0.4, 0.5) is 5.82 Å². The van der Waals surface area contributed by atoms with Crippen LogP contribution in [0.25, 0.3) is 0 Å². The van der Waals surface area contributed by atoms with E-state index in [1.165, 1.54) is 6.20 Å². The SMILES string of the molecule is O=S(=O)(Cc1ccc(Cl)cc1)Nc1ccc(Br)cn1. The summed E-state index contributed by atoms with van der Waals surface area (Å²) < 4.78 is 27.1. The molecule has 0 saturated carbocycles. The molecule has 0 aliphatic carbocycles. The Bertz CT molecular complexity index is 604. The van der Waals surface area contributed by atoms with Gasteiger partial charge in [-0.1, -0.05) is 23.7 Å². The molecule has 2 aromatic rings. The number of halogens is 2. The molecule has 0 atom stereocenters. The van der Waals surface area contributed by atoms with Gasteiger partial charge in [0.15, 0.2) is 0 Å². The lowest BCUT2D eigenvalue weighted by atomic mass is 10.2. The van der Waals surface area contributed by atoms with Gasteiger partial charge in [0.2, 0.25) is 10.0 Å². The molecule has 0 spiro atoms. The summed E-state index contributed by atoms with van der Waals surface area (Å²) in [5.41, 5.74) is 0.661. The zero-order valence-corrected chi connectivity index (χ0v) is 12.8. The maximum Gasteiger partial charge on any atom is 0.238 e. The molecule has 7 heteroatoms. The third-order valence-electron chi connectivity index (χ3n) is 2.26. The van der Waals surface area contributed by atoms with Gasteiger partial charge >= 0.3 is 0 Å². The lowest BCUT2D eigenvalue weighted by Gasteiger charge is -2.07. The topological polar surface area (TPSA) is 59.1 Å². The molecule has 1 aromatic carbocycles. The lowest BCUT2D eigenvalue weighted by molar-refractivity contribution is 0.600. The van der Waals surface area contributed by atoms with Crippen LogP contribution in [0.1, 0.15) is 5.56 Å². The van der Waals surface area contributed by atoms with Crippen LogP contribution in [0.15, 0.2) is 47.1 Å². The van der Waals surface area contributed by atoms with Gasteiger partial charge in [0, 0.05) is 15.7 Å². The highest BCUT2D eigenvalue weighted by atomic mass is 79.9. The first kappa shape index (κ1) is 14.3. The highest BCUT2D eigenvalue weighted by Crippen LogP contribution is 2.15. The van der Waals surface area contributed by atoms with Crippen molar-refractivity contribution in [2.24, 2.45) is 0 Å². The fourth-order valence-electron chi connectivity index (χ4n) is 1.43. The summed E-state index contributed by atoms with van der Waals surface area (Å²) in [4.78, 5) is 3.96. The van der Waals surface area contributed by atoms with Crippen molar-refractivity contribution in [3.63, 3.8) is 0 Å². The quantitative estimate of drug-likeness (QED) is 0.907. The predicted molar refractivity (Wildman–Crippen MR) is 79.6 cm³/mol. The molecule has 0 radical (unpaired) electrons. The lowest BCUT2D eigenvalue weighted by Crippen LogP contribution is -2.15. The fourth-order valence-corrected chi connectivity index (χ4v) is 2.94. The molecule has 1 aromatic heterocycles. The van der Waals surface area contributed by atoms with Gasteiger partial charge in [0.25, 0.3) is 0 Å². The number of hydrogen-bond donors (Lipinski definition) is 1. The molecule has 1 N–H and O–H groups in total. The van der Waals surface area contributed by atoms with Crippen LogP contribution in [0, 0.1) is 0 Å². The number of pyridine rings is 1. The number of rotatable bonds is 4. The van der Waals surface area contributed by atoms with E-state index in [0.717, 1.165) is 4.47 Å². The number of aromatic nitrogens is 1. The van der Waals surface area contributed by atoms with Gasteiger partial charge in [-0.3, -0.25) is 4.72 Å². The molecule has 4 nitrogen and oxygen atoms in total.